The number of nitrogens with one attached hydrogen (secondary N) is 1. The lowest BCUT2D eigenvalue weighted by atomic mass is 10.2. The summed E-state index contributed by atoms with van der Waals surface area (Å²) >= 11 is 6.95. The number of fused-ring (bicyclic) bond motifs is 1. The Morgan fingerprint density at radius 3 is 2.54 bits per heavy atom. The third-order valence-corrected chi connectivity index (χ3v) is 8.59. The average Bonchev–Trinajstić information content (AvgIpc) is 3.15. The molecule has 0 saturated carbocycles. The number of para-hydroxylation sites is 1. The van der Waals surface area contributed by atoms with Gasteiger partial charge >= 0.3 is 0 Å². The van der Waals surface area contributed by atoms with Gasteiger partial charge in [0, 0.05) is 26.2 Å². The molecule has 10 heteroatoms. The van der Waals surface area contributed by atoms with E-state index in [1.165, 1.54) is 4.31 Å². The molecule has 3 heterocycles. The van der Waals surface area contributed by atoms with Crippen molar-refractivity contribution in [3.8, 4) is 0 Å². The number of rotatable bonds is 4. The maximum atomic E-state index is 12.7. The minimum Gasteiger partial charge on any atom is -0.309 e. The van der Waals surface area contributed by atoms with Crippen LogP contribution in [0, 0.1) is 0 Å². The first-order valence-electron chi connectivity index (χ1n) is 8.85. The standard InChI is InChI=1S/C18H19ClN4O3S2/c1-12(17-20-14-5-3-2-4-13(14)18(24)21-17)22-8-10-23(11-9-22)28(25,26)16-7-6-15(19)27-16/h2-7,12H,8-11H2,1H3,(H,20,21,24). The summed E-state index contributed by atoms with van der Waals surface area (Å²) < 4.78 is 27.7. The highest BCUT2D eigenvalue weighted by atomic mass is 35.5. The number of thiophene rings is 1. The zero-order valence-electron chi connectivity index (χ0n) is 15.1. The van der Waals surface area contributed by atoms with E-state index in [-0.39, 0.29) is 15.8 Å². The molecule has 0 radical (unpaired) electrons. The molecule has 1 aliphatic heterocycles. The minimum absolute atomic E-state index is 0.127. The fraction of sp³-hybridized carbons (Fsp3) is 0.333. The monoisotopic (exact) mass is 438 g/mol. The molecule has 1 unspecified atom stereocenters. The molecule has 28 heavy (non-hydrogen) atoms. The van der Waals surface area contributed by atoms with Crippen LogP contribution >= 0.6 is 22.9 Å². The van der Waals surface area contributed by atoms with Crippen LogP contribution in [-0.2, 0) is 10.0 Å². The predicted molar refractivity (Wildman–Crippen MR) is 110 cm³/mol. The Morgan fingerprint density at radius 2 is 1.86 bits per heavy atom. The van der Waals surface area contributed by atoms with Crippen molar-refractivity contribution in [3.05, 3.63) is 56.9 Å². The van der Waals surface area contributed by atoms with Crippen LogP contribution in [-0.4, -0.2) is 53.8 Å². The second kappa shape index (κ2) is 7.57. The Kier molecular flexibility index (Phi) is 5.28. The zero-order valence-corrected chi connectivity index (χ0v) is 17.5. The van der Waals surface area contributed by atoms with E-state index in [4.69, 9.17) is 11.6 Å². The highest BCUT2D eigenvalue weighted by Crippen LogP contribution is 2.29. The molecule has 148 valence electrons. The molecule has 0 bridgehead atoms. The molecule has 1 N–H and O–H groups in total. The fourth-order valence-electron chi connectivity index (χ4n) is 3.37. The summed E-state index contributed by atoms with van der Waals surface area (Å²) in [4.78, 5) is 21.9. The van der Waals surface area contributed by atoms with Gasteiger partial charge in [0.15, 0.2) is 0 Å². The molecule has 0 amide bonds. The number of hydrogen-bond donors (Lipinski definition) is 1. The molecule has 1 atom stereocenters. The van der Waals surface area contributed by atoms with Crippen molar-refractivity contribution in [2.75, 3.05) is 26.2 Å². The topological polar surface area (TPSA) is 86.4 Å². The van der Waals surface area contributed by atoms with Gasteiger partial charge in [-0.1, -0.05) is 23.7 Å². The highest BCUT2D eigenvalue weighted by Gasteiger charge is 2.31. The minimum atomic E-state index is -3.52. The van der Waals surface area contributed by atoms with Gasteiger partial charge in [-0.2, -0.15) is 4.31 Å². The van der Waals surface area contributed by atoms with Crippen LogP contribution in [0.3, 0.4) is 0 Å². The van der Waals surface area contributed by atoms with E-state index in [1.54, 1.807) is 18.2 Å². The molecule has 1 aromatic carbocycles. The lowest BCUT2D eigenvalue weighted by Crippen LogP contribution is -2.49. The average molecular weight is 439 g/mol. The van der Waals surface area contributed by atoms with Gasteiger partial charge in [-0.15, -0.1) is 11.3 Å². The van der Waals surface area contributed by atoms with E-state index in [2.05, 4.69) is 14.9 Å². The van der Waals surface area contributed by atoms with E-state index >= 15 is 0 Å². The van der Waals surface area contributed by atoms with E-state index in [9.17, 15) is 13.2 Å². The van der Waals surface area contributed by atoms with Crippen LogP contribution in [0.2, 0.25) is 4.34 Å². The summed E-state index contributed by atoms with van der Waals surface area (Å²) in [7, 11) is -3.52. The van der Waals surface area contributed by atoms with Crippen LogP contribution < -0.4 is 5.56 Å². The summed E-state index contributed by atoms with van der Waals surface area (Å²) in [5.74, 6) is 0.588. The first-order valence-corrected chi connectivity index (χ1v) is 11.5. The largest absolute Gasteiger partial charge is 0.309 e. The van der Waals surface area contributed by atoms with Gasteiger partial charge in [0.1, 0.15) is 10.0 Å². The number of nitrogens with zero attached hydrogens (tertiary/aromatic N) is 3. The molecule has 0 aliphatic carbocycles. The van der Waals surface area contributed by atoms with Crippen LogP contribution in [0.15, 0.2) is 45.4 Å². The maximum Gasteiger partial charge on any atom is 0.258 e. The number of H-pyrrole nitrogens is 1. The summed E-state index contributed by atoms with van der Waals surface area (Å²) in [6.07, 6.45) is 0. The quantitative estimate of drug-likeness (QED) is 0.676. The van der Waals surface area contributed by atoms with Crippen molar-refractivity contribution >= 4 is 43.9 Å². The van der Waals surface area contributed by atoms with Crippen LogP contribution in [0.1, 0.15) is 18.8 Å². The molecule has 0 spiro atoms. The molecule has 2 aromatic heterocycles. The van der Waals surface area contributed by atoms with Crippen molar-refractivity contribution in [2.45, 2.75) is 17.2 Å². The number of aromatic amines is 1. The SMILES string of the molecule is CC(c1nc2ccccc2c(=O)[nH]1)N1CCN(S(=O)(=O)c2ccc(Cl)s2)CC1. The van der Waals surface area contributed by atoms with Crippen molar-refractivity contribution in [2.24, 2.45) is 0 Å². The second-order valence-corrected chi connectivity index (χ2v) is 10.5. The Labute approximate surface area is 171 Å². The summed E-state index contributed by atoms with van der Waals surface area (Å²) in [6.45, 7) is 3.82. The zero-order chi connectivity index (χ0) is 19.9. The molecule has 4 rings (SSSR count). The molecular formula is C18H19ClN4O3S2. The van der Waals surface area contributed by atoms with Gasteiger partial charge in [0.05, 0.1) is 21.3 Å². The summed E-state index contributed by atoms with van der Waals surface area (Å²) in [5.41, 5.74) is 0.493. The third-order valence-electron chi connectivity index (χ3n) is 4.99. The van der Waals surface area contributed by atoms with Crippen molar-refractivity contribution < 1.29 is 8.42 Å². The van der Waals surface area contributed by atoms with E-state index in [1.807, 2.05) is 25.1 Å². The van der Waals surface area contributed by atoms with Crippen molar-refractivity contribution in [3.63, 3.8) is 0 Å². The van der Waals surface area contributed by atoms with Gasteiger partial charge in [-0.25, -0.2) is 13.4 Å². The molecule has 3 aromatic rings. The van der Waals surface area contributed by atoms with Gasteiger partial charge in [-0.05, 0) is 31.2 Å². The van der Waals surface area contributed by atoms with Crippen molar-refractivity contribution in [1.29, 1.82) is 0 Å². The first-order chi connectivity index (χ1) is 13.4. The van der Waals surface area contributed by atoms with Gasteiger partial charge in [-0.3, -0.25) is 9.69 Å². The third kappa shape index (κ3) is 3.60. The van der Waals surface area contributed by atoms with Gasteiger partial charge < -0.3 is 4.98 Å². The number of sulfonamides is 1. The first kappa shape index (κ1) is 19.5. The maximum absolute atomic E-state index is 12.7. The molecule has 1 saturated heterocycles. The lowest BCUT2D eigenvalue weighted by Gasteiger charge is -2.36. The van der Waals surface area contributed by atoms with Crippen LogP contribution in [0.25, 0.3) is 10.9 Å². The molecular weight excluding hydrogens is 420 g/mol. The molecule has 1 fully saturated rings. The highest BCUT2D eigenvalue weighted by molar-refractivity contribution is 7.91. The van der Waals surface area contributed by atoms with Crippen molar-refractivity contribution in [1.82, 2.24) is 19.2 Å². The molecule has 7 nitrogen and oxygen atoms in total. The van der Waals surface area contributed by atoms with E-state index in [0.29, 0.717) is 47.2 Å². The Balaban J connectivity index is 1.50. The van der Waals surface area contributed by atoms with E-state index in [0.717, 1.165) is 11.3 Å². The van der Waals surface area contributed by atoms with Crippen LogP contribution in [0.4, 0.5) is 0 Å². The number of piperazine rings is 1. The Hall–Kier alpha value is -1.78. The predicted octanol–water partition coefficient (Wildman–Crippen LogP) is 2.71. The normalized spacial score (nSPS) is 17.8. The number of halogens is 1. The van der Waals surface area contributed by atoms with E-state index < -0.39 is 10.0 Å². The lowest BCUT2D eigenvalue weighted by molar-refractivity contribution is 0.141. The number of hydrogen-bond acceptors (Lipinski definition) is 6. The Bertz CT molecular complexity index is 1170. The Morgan fingerprint density at radius 1 is 1.14 bits per heavy atom. The second-order valence-electron chi connectivity index (χ2n) is 6.64. The van der Waals surface area contributed by atoms with Gasteiger partial charge in [0.25, 0.3) is 15.6 Å². The summed E-state index contributed by atoms with van der Waals surface area (Å²) in [6, 6.07) is 10.2. The number of aromatic nitrogens is 2. The fourth-order valence-corrected chi connectivity index (χ4v) is 6.43. The molecule has 1 aliphatic rings. The number of benzene rings is 1. The summed E-state index contributed by atoms with van der Waals surface area (Å²) in [5, 5.41) is 0.559. The van der Waals surface area contributed by atoms with Gasteiger partial charge in [0.2, 0.25) is 0 Å². The smallest absolute Gasteiger partial charge is 0.258 e. The van der Waals surface area contributed by atoms with Crippen LogP contribution in [0.5, 0.6) is 0 Å².